The van der Waals surface area contributed by atoms with Gasteiger partial charge in [0.25, 0.3) is 5.91 Å². The molecule has 0 atom stereocenters. The molecule has 0 spiro atoms. The van der Waals surface area contributed by atoms with Crippen LogP contribution in [0.2, 0.25) is 0 Å². The number of urea groups is 1. The van der Waals surface area contributed by atoms with Crippen LogP contribution in [-0.4, -0.2) is 34.5 Å². The lowest BCUT2D eigenvalue weighted by Crippen LogP contribution is -2.30. The predicted molar refractivity (Wildman–Crippen MR) is 101 cm³/mol. The molecule has 0 saturated carbocycles. The second-order valence-corrected chi connectivity index (χ2v) is 6.67. The van der Waals surface area contributed by atoms with Gasteiger partial charge in [0.05, 0.1) is 6.54 Å². The van der Waals surface area contributed by atoms with Gasteiger partial charge < -0.3 is 15.2 Å². The minimum absolute atomic E-state index is 0.177. The van der Waals surface area contributed by atoms with Gasteiger partial charge in [0.2, 0.25) is 0 Å². The van der Waals surface area contributed by atoms with Gasteiger partial charge in [0, 0.05) is 4.47 Å². The summed E-state index contributed by atoms with van der Waals surface area (Å²) in [7, 11) is 0. The number of amides is 3. The van der Waals surface area contributed by atoms with E-state index < -0.39 is 24.5 Å². The molecular weight excluding hydrogens is 416 g/mol. The van der Waals surface area contributed by atoms with E-state index in [9.17, 15) is 14.4 Å². The van der Waals surface area contributed by atoms with Crippen molar-refractivity contribution in [2.45, 2.75) is 6.54 Å². The molecule has 1 heterocycles. The number of carboxylic acid groups (broad SMARTS) is 1. The Morgan fingerprint density at radius 1 is 1.11 bits per heavy atom. The third kappa shape index (κ3) is 4.73. The summed E-state index contributed by atoms with van der Waals surface area (Å²) in [6, 6.07) is 13.4. The number of halogens is 1. The monoisotopic (exact) mass is 430 g/mol. The average molecular weight is 431 g/mol. The Hall–Kier alpha value is -3.13. The van der Waals surface area contributed by atoms with E-state index in [2.05, 4.69) is 21.2 Å². The fourth-order valence-corrected chi connectivity index (χ4v) is 2.72. The number of carbonyl (C=O) groups excluding carboxylic acids is 2. The van der Waals surface area contributed by atoms with E-state index in [1.54, 1.807) is 30.3 Å². The van der Waals surface area contributed by atoms with Gasteiger partial charge in [-0.15, -0.1) is 0 Å². The molecule has 3 amide bonds. The van der Waals surface area contributed by atoms with Crippen LogP contribution in [0.3, 0.4) is 0 Å². The van der Waals surface area contributed by atoms with Gasteiger partial charge in [-0.05, 0) is 41.5 Å². The van der Waals surface area contributed by atoms with Crippen molar-refractivity contribution < 1.29 is 24.2 Å². The largest absolute Gasteiger partial charge is 0.482 e. The Labute approximate surface area is 163 Å². The molecule has 2 aromatic rings. The van der Waals surface area contributed by atoms with Gasteiger partial charge in [-0.2, -0.15) is 0 Å². The van der Waals surface area contributed by atoms with Crippen molar-refractivity contribution in [1.82, 2.24) is 10.2 Å². The zero-order valence-corrected chi connectivity index (χ0v) is 15.6. The highest BCUT2D eigenvalue weighted by atomic mass is 79.9. The maximum Gasteiger partial charge on any atom is 0.341 e. The number of rotatable bonds is 6. The number of hydrogen-bond acceptors (Lipinski definition) is 4. The molecule has 1 saturated heterocycles. The Kier molecular flexibility index (Phi) is 5.56. The number of carbonyl (C=O) groups is 3. The second-order valence-electron chi connectivity index (χ2n) is 5.76. The van der Waals surface area contributed by atoms with Gasteiger partial charge in [0.1, 0.15) is 11.4 Å². The number of benzene rings is 2. The molecular formula is C19H15BrN2O5. The molecule has 0 radical (unpaired) electrons. The second kappa shape index (κ2) is 8.05. The van der Waals surface area contributed by atoms with E-state index >= 15 is 0 Å². The summed E-state index contributed by atoms with van der Waals surface area (Å²) in [4.78, 5) is 36.3. The third-order valence-electron chi connectivity index (χ3n) is 3.77. The van der Waals surface area contributed by atoms with Crippen molar-refractivity contribution in [3.8, 4) is 5.75 Å². The molecule has 0 aromatic heterocycles. The van der Waals surface area contributed by atoms with E-state index in [0.29, 0.717) is 11.3 Å². The number of ether oxygens (including phenoxy) is 1. The third-order valence-corrected chi connectivity index (χ3v) is 4.30. The number of carboxylic acids is 1. The van der Waals surface area contributed by atoms with Crippen LogP contribution in [0.1, 0.15) is 11.1 Å². The summed E-state index contributed by atoms with van der Waals surface area (Å²) >= 11 is 3.34. The smallest absolute Gasteiger partial charge is 0.341 e. The summed E-state index contributed by atoms with van der Waals surface area (Å²) in [6.45, 7) is -0.253. The molecule has 0 bridgehead atoms. The normalized spacial score (nSPS) is 15.1. The molecule has 27 heavy (non-hydrogen) atoms. The summed E-state index contributed by atoms with van der Waals surface area (Å²) in [5.41, 5.74) is 1.69. The zero-order chi connectivity index (χ0) is 19.4. The first-order valence-corrected chi connectivity index (χ1v) is 8.75. The molecule has 1 fully saturated rings. The van der Waals surface area contributed by atoms with Crippen molar-refractivity contribution >= 4 is 39.9 Å². The zero-order valence-electron chi connectivity index (χ0n) is 14.0. The molecule has 2 N–H and O–H groups in total. The van der Waals surface area contributed by atoms with Crippen LogP contribution in [0.15, 0.2) is 58.7 Å². The summed E-state index contributed by atoms with van der Waals surface area (Å²) < 4.78 is 5.97. The number of hydrogen-bond donors (Lipinski definition) is 2. The number of nitrogens with zero attached hydrogens (tertiary/aromatic N) is 1. The van der Waals surface area contributed by atoms with Gasteiger partial charge in [0.15, 0.2) is 6.61 Å². The minimum Gasteiger partial charge on any atom is -0.482 e. The Morgan fingerprint density at radius 3 is 2.41 bits per heavy atom. The Balaban J connectivity index is 1.70. The standard InChI is InChI=1S/C19H15BrN2O5/c20-14-5-1-13(2-6-14)10-22-18(25)16(21-19(22)26)9-12-3-7-15(8-4-12)27-11-17(23)24/h1-9H,10-11H2,(H,21,26)(H,23,24). The summed E-state index contributed by atoms with van der Waals surface area (Å²) in [5.74, 6) is -1.07. The summed E-state index contributed by atoms with van der Waals surface area (Å²) in [5, 5.41) is 11.2. The highest BCUT2D eigenvalue weighted by Gasteiger charge is 2.33. The van der Waals surface area contributed by atoms with Crippen LogP contribution in [0.25, 0.3) is 6.08 Å². The van der Waals surface area contributed by atoms with E-state index in [1.165, 1.54) is 0 Å². The topological polar surface area (TPSA) is 95.9 Å². The fourth-order valence-electron chi connectivity index (χ4n) is 2.46. The first kappa shape index (κ1) is 18.7. The van der Waals surface area contributed by atoms with E-state index in [0.717, 1.165) is 14.9 Å². The van der Waals surface area contributed by atoms with Crippen molar-refractivity contribution in [2.75, 3.05) is 6.61 Å². The summed E-state index contributed by atoms with van der Waals surface area (Å²) in [6.07, 6.45) is 1.56. The molecule has 0 aliphatic carbocycles. The lowest BCUT2D eigenvalue weighted by atomic mass is 10.1. The van der Waals surface area contributed by atoms with E-state index in [1.807, 2.05) is 24.3 Å². The maximum absolute atomic E-state index is 12.5. The van der Waals surface area contributed by atoms with Crippen LogP contribution in [0, 0.1) is 0 Å². The van der Waals surface area contributed by atoms with Gasteiger partial charge in [-0.3, -0.25) is 9.69 Å². The predicted octanol–water partition coefficient (Wildman–Crippen LogP) is 3.01. The van der Waals surface area contributed by atoms with Crippen LogP contribution in [-0.2, 0) is 16.1 Å². The molecule has 0 unspecified atom stereocenters. The number of aliphatic carboxylic acids is 1. The lowest BCUT2D eigenvalue weighted by molar-refractivity contribution is -0.139. The van der Waals surface area contributed by atoms with Crippen LogP contribution in [0.4, 0.5) is 4.79 Å². The van der Waals surface area contributed by atoms with Gasteiger partial charge in [-0.1, -0.05) is 40.2 Å². The quantitative estimate of drug-likeness (QED) is 0.542. The van der Waals surface area contributed by atoms with Crippen LogP contribution in [0.5, 0.6) is 5.75 Å². The SMILES string of the molecule is O=C(O)COc1ccc(C=C2NC(=O)N(Cc3ccc(Br)cc3)C2=O)cc1. The molecule has 138 valence electrons. The Morgan fingerprint density at radius 2 is 1.78 bits per heavy atom. The maximum atomic E-state index is 12.5. The molecule has 3 rings (SSSR count). The molecule has 2 aromatic carbocycles. The van der Waals surface area contributed by atoms with Gasteiger partial charge >= 0.3 is 12.0 Å². The van der Waals surface area contributed by atoms with Crippen LogP contribution < -0.4 is 10.1 Å². The van der Waals surface area contributed by atoms with E-state index in [4.69, 9.17) is 9.84 Å². The van der Waals surface area contributed by atoms with Gasteiger partial charge in [-0.25, -0.2) is 9.59 Å². The molecule has 8 heteroatoms. The average Bonchev–Trinajstić information content (AvgIpc) is 2.90. The first-order valence-electron chi connectivity index (χ1n) is 7.96. The van der Waals surface area contributed by atoms with E-state index in [-0.39, 0.29) is 12.2 Å². The highest BCUT2D eigenvalue weighted by molar-refractivity contribution is 9.10. The number of imide groups is 1. The Bertz CT molecular complexity index is 907. The first-order chi connectivity index (χ1) is 12.9. The fraction of sp³-hybridized carbons (Fsp3) is 0.105. The highest BCUT2D eigenvalue weighted by Crippen LogP contribution is 2.19. The van der Waals surface area contributed by atoms with Crippen molar-refractivity contribution in [3.63, 3.8) is 0 Å². The molecule has 7 nitrogen and oxygen atoms in total. The van der Waals surface area contributed by atoms with Crippen molar-refractivity contribution in [1.29, 1.82) is 0 Å². The van der Waals surface area contributed by atoms with Crippen LogP contribution >= 0.6 is 15.9 Å². The number of nitrogens with one attached hydrogen (secondary N) is 1. The van der Waals surface area contributed by atoms with Crippen molar-refractivity contribution in [3.05, 3.63) is 69.8 Å². The molecule has 1 aliphatic rings. The van der Waals surface area contributed by atoms with Crippen molar-refractivity contribution in [2.24, 2.45) is 0 Å². The lowest BCUT2D eigenvalue weighted by Gasteiger charge is -2.11. The minimum atomic E-state index is -1.06. The molecule has 1 aliphatic heterocycles.